The quantitative estimate of drug-likeness (QED) is 0.512. The summed E-state index contributed by atoms with van der Waals surface area (Å²) >= 11 is 0. The molecule has 2 heterocycles. The maximum absolute atomic E-state index is 13.5. The number of pyridine rings is 1. The molecule has 0 atom stereocenters. The van der Waals surface area contributed by atoms with Crippen LogP contribution in [-0.4, -0.2) is 29.8 Å². The van der Waals surface area contributed by atoms with E-state index >= 15 is 0 Å². The largest absolute Gasteiger partial charge is 0.276 e. The number of aromatic nitrogens is 3. The average Bonchev–Trinajstić information content (AvgIpc) is 3.22. The second-order valence-corrected chi connectivity index (χ2v) is 10.4. The molecule has 0 radical (unpaired) electrons. The average molecular weight is 451 g/mol. The highest BCUT2D eigenvalue weighted by Crippen LogP contribution is 2.33. The zero-order valence-electron chi connectivity index (χ0n) is 18.2. The number of rotatable bonds is 4. The molecule has 0 amide bonds. The zero-order chi connectivity index (χ0) is 22.5. The number of nitrogens with one attached hydrogen (secondary N) is 1. The highest BCUT2D eigenvalue weighted by Gasteiger charge is 2.20. The summed E-state index contributed by atoms with van der Waals surface area (Å²) in [4.78, 5) is 13.6. The summed E-state index contributed by atoms with van der Waals surface area (Å²) in [7, 11) is -0.497. The van der Waals surface area contributed by atoms with Crippen LogP contribution in [0.15, 0.2) is 58.4 Å². The predicted octanol–water partition coefficient (Wildman–Crippen LogP) is 3.83. The van der Waals surface area contributed by atoms with Crippen molar-refractivity contribution in [2.24, 2.45) is 7.05 Å². The first kappa shape index (κ1) is 20.9. The van der Waals surface area contributed by atoms with Gasteiger partial charge in [-0.2, -0.15) is 5.10 Å². The summed E-state index contributed by atoms with van der Waals surface area (Å²) in [6, 6.07) is 13.0. The molecular formula is C24H26N4O3S. The van der Waals surface area contributed by atoms with Gasteiger partial charge in [-0.1, -0.05) is 31.4 Å². The fourth-order valence-electron chi connectivity index (χ4n) is 4.85. The number of hydrogen-bond donors (Lipinski definition) is 1. The first-order valence-corrected chi connectivity index (χ1v) is 12.4. The van der Waals surface area contributed by atoms with Crippen LogP contribution in [0.1, 0.15) is 43.6 Å². The molecule has 8 heteroatoms. The van der Waals surface area contributed by atoms with Gasteiger partial charge < -0.3 is 0 Å². The van der Waals surface area contributed by atoms with E-state index in [0.717, 1.165) is 5.69 Å². The topological polar surface area (TPSA) is 86.0 Å². The van der Waals surface area contributed by atoms with Crippen molar-refractivity contribution < 1.29 is 8.42 Å². The van der Waals surface area contributed by atoms with Crippen LogP contribution in [0.25, 0.3) is 27.5 Å². The van der Waals surface area contributed by atoms with E-state index in [4.69, 9.17) is 0 Å². The van der Waals surface area contributed by atoms with Gasteiger partial charge >= 0.3 is 0 Å². The van der Waals surface area contributed by atoms with Gasteiger partial charge in [-0.15, -0.1) is 0 Å². The van der Waals surface area contributed by atoms with Gasteiger partial charge in [-0.05, 0) is 61.7 Å². The predicted molar refractivity (Wildman–Crippen MR) is 126 cm³/mol. The molecule has 4 aromatic rings. The van der Waals surface area contributed by atoms with Crippen molar-refractivity contribution in [3.8, 4) is 5.69 Å². The molecule has 166 valence electrons. The van der Waals surface area contributed by atoms with E-state index in [1.807, 2.05) is 12.1 Å². The van der Waals surface area contributed by atoms with Crippen LogP contribution in [0.4, 0.5) is 0 Å². The third-order valence-electron chi connectivity index (χ3n) is 6.53. The fraction of sp³-hybridized carbons (Fsp3) is 0.333. The van der Waals surface area contributed by atoms with E-state index in [0.29, 0.717) is 27.7 Å². The summed E-state index contributed by atoms with van der Waals surface area (Å²) in [6.07, 6.45) is 7.97. The number of aryl methyl sites for hydroxylation is 1. The minimum Gasteiger partial charge on any atom is -0.276 e. The maximum atomic E-state index is 13.5. The lowest BCUT2D eigenvalue weighted by Crippen LogP contribution is -2.20. The van der Waals surface area contributed by atoms with Crippen molar-refractivity contribution in [1.29, 1.82) is 0 Å². The molecular weight excluding hydrogens is 424 g/mol. The summed E-state index contributed by atoms with van der Waals surface area (Å²) in [5.41, 5.74) is 3.03. The van der Waals surface area contributed by atoms with Gasteiger partial charge in [0.2, 0.25) is 10.0 Å². The van der Waals surface area contributed by atoms with Gasteiger partial charge in [-0.25, -0.2) is 13.1 Å². The molecule has 1 fully saturated rings. The number of sulfonamides is 1. The van der Waals surface area contributed by atoms with Gasteiger partial charge in [0.1, 0.15) is 5.52 Å². The molecule has 0 aliphatic heterocycles. The Morgan fingerprint density at radius 1 is 1.00 bits per heavy atom. The molecule has 1 N–H and O–H groups in total. The van der Waals surface area contributed by atoms with E-state index in [-0.39, 0.29) is 10.5 Å². The van der Waals surface area contributed by atoms with Crippen LogP contribution in [0.5, 0.6) is 0 Å². The van der Waals surface area contributed by atoms with E-state index in [2.05, 4.69) is 22.0 Å². The Hall–Kier alpha value is -2.97. The van der Waals surface area contributed by atoms with E-state index in [1.165, 1.54) is 50.8 Å². The summed E-state index contributed by atoms with van der Waals surface area (Å²) < 4.78 is 30.4. The van der Waals surface area contributed by atoms with Crippen LogP contribution in [0.2, 0.25) is 0 Å². The third-order valence-corrected chi connectivity index (χ3v) is 7.95. The molecule has 32 heavy (non-hydrogen) atoms. The molecule has 5 rings (SSSR count). The molecule has 0 spiro atoms. The minimum absolute atomic E-state index is 0.136. The monoisotopic (exact) mass is 450 g/mol. The molecule has 2 aromatic carbocycles. The van der Waals surface area contributed by atoms with Crippen molar-refractivity contribution in [2.45, 2.75) is 42.9 Å². The second-order valence-electron chi connectivity index (χ2n) is 8.52. The standard InChI is InChI=1S/C24H26N4O3S/c1-25-32(30,31)19-12-13-22-20(14-19)23-21(15-27(2)26-23)24(29)28(22)18-10-8-17(9-11-18)16-6-4-3-5-7-16/h8-16,25H,3-7H2,1-2H3. The van der Waals surface area contributed by atoms with E-state index < -0.39 is 10.0 Å². The van der Waals surface area contributed by atoms with Crippen molar-refractivity contribution in [1.82, 2.24) is 19.1 Å². The number of hydrogen-bond acceptors (Lipinski definition) is 4. The Labute approximate surface area is 186 Å². The molecule has 0 bridgehead atoms. The molecule has 0 saturated heterocycles. The van der Waals surface area contributed by atoms with Gasteiger partial charge in [0, 0.05) is 24.3 Å². The molecule has 7 nitrogen and oxygen atoms in total. The SMILES string of the molecule is CNS(=O)(=O)c1ccc2c(c1)c1nn(C)cc1c(=O)n2-c1ccc(C2CCCCC2)cc1. The maximum Gasteiger partial charge on any atom is 0.266 e. The van der Waals surface area contributed by atoms with Gasteiger partial charge in [0.05, 0.1) is 15.8 Å². The molecule has 1 saturated carbocycles. The smallest absolute Gasteiger partial charge is 0.266 e. The summed E-state index contributed by atoms with van der Waals surface area (Å²) in [5.74, 6) is 0.585. The minimum atomic E-state index is -3.63. The zero-order valence-corrected chi connectivity index (χ0v) is 19.0. The van der Waals surface area contributed by atoms with Crippen LogP contribution >= 0.6 is 0 Å². The Balaban J connectivity index is 1.73. The Morgan fingerprint density at radius 3 is 2.41 bits per heavy atom. The van der Waals surface area contributed by atoms with Gasteiger partial charge in [-0.3, -0.25) is 14.0 Å². The highest BCUT2D eigenvalue weighted by atomic mass is 32.2. The second kappa shape index (κ2) is 7.86. The van der Waals surface area contributed by atoms with Gasteiger partial charge in [0.25, 0.3) is 5.56 Å². The fourth-order valence-corrected chi connectivity index (χ4v) is 5.60. The Bertz CT molecular complexity index is 1480. The first-order chi connectivity index (χ1) is 15.4. The Kier molecular flexibility index (Phi) is 5.14. The molecule has 0 unspecified atom stereocenters. The lowest BCUT2D eigenvalue weighted by molar-refractivity contribution is 0.443. The van der Waals surface area contributed by atoms with E-state index in [1.54, 1.807) is 34.6 Å². The molecule has 2 aromatic heterocycles. The number of fused-ring (bicyclic) bond motifs is 3. The lowest BCUT2D eigenvalue weighted by Gasteiger charge is -2.22. The first-order valence-electron chi connectivity index (χ1n) is 10.9. The van der Waals surface area contributed by atoms with E-state index in [9.17, 15) is 13.2 Å². The lowest BCUT2D eigenvalue weighted by atomic mass is 9.84. The van der Waals surface area contributed by atoms with Gasteiger partial charge in [0.15, 0.2) is 0 Å². The Morgan fingerprint density at radius 2 is 1.72 bits per heavy atom. The normalized spacial score (nSPS) is 15.6. The highest BCUT2D eigenvalue weighted by molar-refractivity contribution is 7.89. The van der Waals surface area contributed by atoms with Crippen LogP contribution in [0.3, 0.4) is 0 Å². The van der Waals surface area contributed by atoms with Crippen LogP contribution in [-0.2, 0) is 17.1 Å². The van der Waals surface area contributed by atoms with Crippen molar-refractivity contribution >= 4 is 31.8 Å². The van der Waals surface area contributed by atoms with Crippen molar-refractivity contribution in [3.63, 3.8) is 0 Å². The van der Waals surface area contributed by atoms with Crippen molar-refractivity contribution in [3.05, 3.63) is 64.6 Å². The van der Waals surface area contributed by atoms with Crippen molar-refractivity contribution in [2.75, 3.05) is 7.05 Å². The number of nitrogens with zero attached hydrogens (tertiary/aromatic N) is 3. The summed E-state index contributed by atoms with van der Waals surface area (Å²) in [6.45, 7) is 0. The summed E-state index contributed by atoms with van der Waals surface area (Å²) in [5, 5.41) is 5.52. The van der Waals surface area contributed by atoms with Crippen LogP contribution < -0.4 is 10.3 Å². The van der Waals surface area contributed by atoms with Crippen LogP contribution in [0, 0.1) is 0 Å². The number of benzene rings is 2. The molecule has 1 aliphatic carbocycles. The third kappa shape index (κ3) is 3.43. The molecule has 1 aliphatic rings.